The molecule has 13 heavy (non-hydrogen) atoms. The van der Waals surface area contributed by atoms with Gasteiger partial charge in [0.2, 0.25) is 12.0 Å². The Bertz CT molecular complexity index is 205. The van der Waals surface area contributed by atoms with E-state index in [0.29, 0.717) is 0 Å². The fraction of sp³-hybridized carbons (Fsp3) is 0.500. The van der Waals surface area contributed by atoms with Crippen LogP contribution in [0.15, 0.2) is 12.4 Å². The van der Waals surface area contributed by atoms with Gasteiger partial charge in [-0.05, 0) is 0 Å². The molecule has 0 N–H and O–H groups in total. The number of alkyl halides is 4. The molecule has 0 saturated carbocycles. The number of ether oxygens (including phenoxy) is 1. The van der Waals surface area contributed by atoms with Crippen molar-refractivity contribution in [3.8, 4) is 0 Å². The summed E-state index contributed by atoms with van der Waals surface area (Å²) < 4.78 is 62.0. The van der Waals surface area contributed by atoms with E-state index in [1.165, 1.54) is 0 Å². The first-order valence-corrected chi connectivity index (χ1v) is 2.98. The Balaban J connectivity index is 4.07. The van der Waals surface area contributed by atoms with Crippen LogP contribution >= 0.6 is 0 Å². The van der Waals surface area contributed by atoms with Crippen LogP contribution in [0.1, 0.15) is 0 Å². The van der Waals surface area contributed by atoms with Crippen LogP contribution < -0.4 is 0 Å². The number of rotatable bonds is 4. The van der Waals surface area contributed by atoms with Crippen molar-refractivity contribution in [2.45, 2.75) is 19.0 Å². The Hall–Kier alpha value is -1.14. The number of esters is 1. The van der Waals surface area contributed by atoms with Gasteiger partial charge in [-0.15, -0.1) is 0 Å². The molecule has 2 nitrogen and oxygen atoms in total. The van der Waals surface area contributed by atoms with Crippen LogP contribution in [-0.2, 0) is 9.53 Å². The highest BCUT2D eigenvalue weighted by Gasteiger charge is 2.33. The van der Waals surface area contributed by atoms with E-state index in [-0.39, 0.29) is 0 Å². The lowest BCUT2D eigenvalue weighted by molar-refractivity contribution is -0.169. The molecule has 0 radical (unpaired) electrons. The third kappa shape index (κ3) is 3.86. The predicted molar refractivity (Wildman–Crippen MR) is 32.1 cm³/mol. The third-order valence-corrected chi connectivity index (χ3v) is 0.932. The molecule has 0 aromatic rings. The maximum Gasteiger partial charge on any atom is 0.369 e. The fourth-order valence-corrected chi connectivity index (χ4v) is 0.346. The summed E-state index contributed by atoms with van der Waals surface area (Å²) in [7, 11) is 0. The zero-order valence-corrected chi connectivity index (χ0v) is 6.15. The van der Waals surface area contributed by atoms with Crippen molar-refractivity contribution >= 4 is 5.97 Å². The van der Waals surface area contributed by atoms with Crippen molar-refractivity contribution in [2.75, 3.05) is 0 Å². The minimum atomic E-state index is -3.64. The van der Waals surface area contributed by atoms with Crippen LogP contribution in [0.3, 0.4) is 0 Å². The van der Waals surface area contributed by atoms with Gasteiger partial charge in [-0.1, -0.05) is 6.58 Å². The SMILES string of the molecule is C=C(F)C(=O)OC(F)C(F)C(F)F. The topological polar surface area (TPSA) is 26.3 Å². The molecule has 0 aliphatic rings. The highest BCUT2D eigenvalue weighted by molar-refractivity contribution is 5.85. The van der Waals surface area contributed by atoms with Gasteiger partial charge in [0.25, 0.3) is 12.8 Å². The predicted octanol–water partition coefficient (Wildman–Crippen LogP) is 1.91. The van der Waals surface area contributed by atoms with E-state index in [1.54, 1.807) is 0 Å². The molecule has 76 valence electrons. The highest BCUT2D eigenvalue weighted by atomic mass is 19.3. The van der Waals surface area contributed by atoms with Crippen molar-refractivity contribution in [3.05, 3.63) is 12.4 Å². The molecule has 0 amide bonds. The van der Waals surface area contributed by atoms with Crippen LogP contribution in [0.25, 0.3) is 0 Å². The van der Waals surface area contributed by atoms with E-state index < -0.39 is 30.8 Å². The van der Waals surface area contributed by atoms with Gasteiger partial charge in [0, 0.05) is 0 Å². The molecule has 0 aliphatic carbocycles. The molecule has 0 aromatic heterocycles. The second-order valence-electron chi connectivity index (χ2n) is 1.94. The van der Waals surface area contributed by atoms with Gasteiger partial charge in [0.15, 0.2) is 0 Å². The van der Waals surface area contributed by atoms with Crippen LogP contribution in [-0.4, -0.2) is 24.9 Å². The normalized spacial score (nSPS) is 15.2. The minimum absolute atomic E-state index is 1.69. The van der Waals surface area contributed by atoms with Gasteiger partial charge in [-0.3, -0.25) is 0 Å². The van der Waals surface area contributed by atoms with Crippen LogP contribution in [0.4, 0.5) is 22.0 Å². The van der Waals surface area contributed by atoms with Crippen LogP contribution in [0.2, 0.25) is 0 Å². The second-order valence-corrected chi connectivity index (χ2v) is 1.94. The van der Waals surface area contributed by atoms with E-state index in [0.717, 1.165) is 0 Å². The molecule has 7 heteroatoms. The lowest BCUT2D eigenvalue weighted by atomic mass is 10.4. The average Bonchev–Trinajstić information content (AvgIpc) is 2.02. The van der Waals surface area contributed by atoms with E-state index >= 15 is 0 Å². The molecule has 2 unspecified atom stereocenters. The molecule has 0 spiro atoms. The second kappa shape index (κ2) is 4.78. The monoisotopic (exact) mass is 204 g/mol. The lowest BCUT2D eigenvalue weighted by Gasteiger charge is -2.12. The van der Waals surface area contributed by atoms with Gasteiger partial charge in [0.05, 0.1) is 0 Å². The minimum Gasteiger partial charge on any atom is -0.422 e. The average molecular weight is 204 g/mol. The third-order valence-electron chi connectivity index (χ3n) is 0.932. The maximum absolute atomic E-state index is 12.2. The first-order chi connectivity index (χ1) is 5.86. The first kappa shape index (κ1) is 11.9. The first-order valence-electron chi connectivity index (χ1n) is 2.98. The van der Waals surface area contributed by atoms with Crippen molar-refractivity contribution < 1.29 is 31.5 Å². The lowest BCUT2D eigenvalue weighted by Crippen LogP contribution is -2.29. The molecular weight excluding hydrogens is 199 g/mol. The molecule has 0 bridgehead atoms. The van der Waals surface area contributed by atoms with Crippen molar-refractivity contribution in [2.24, 2.45) is 0 Å². The van der Waals surface area contributed by atoms with Gasteiger partial charge >= 0.3 is 5.97 Å². The molecule has 2 atom stereocenters. The summed E-state index contributed by atoms with van der Waals surface area (Å²) in [4.78, 5) is 10.1. The Kier molecular flexibility index (Phi) is 4.36. The molecule has 0 rings (SSSR count). The Morgan fingerprint density at radius 3 is 2.00 bits per heavy atom. The highest BCUT2D eigenvalue weighted by Crippen LogP contribution is 2.15. The molecule has 0 heterocycles. The number of hydrogen-bond donors (Lipinski definition) is 0. The molecular formula is C6H5F5O2. The van der Waals surface area contributed by atoms with Crippen LogP contribution in [0.5, 0.6) is 0 Å². The van der Waals surface area contributed by atoms with Gasteiger partial charge < -0.3 is 4.74 Å². The summed E-state index contributed by atoms with van der Waals surface area (Å²) in [5.41, 5.74) is 0. The summed E-state index contributed by atoms with van der Waals surface area (Å²) in [6.07, 6.45) is -10.1. The Morgan fingerprint density at radius 2 is 1.69 bits per heavy atom. The van der Waals surface area contributed by atoms with Gasteiger partial charge in [-0.25, -0.2) is 18.0 Å². The molecule has 0 fully saturated rings. The van der Waals surface area contributed by atoms with E-state index in [9.17, 15) is 26.7 Å². The number of carbonyl (C=O) groups is 1. The molecule has 0 saturated heterocycles. The number of carbonyl (C=O) groups excluding carboxylic acids is 1. The summed E-state index contributed by atoms with van der Waals surface area (Å²) in [5.74, 6) is -3.60. The molecule has 0 aliphatic heterocycles. The number of halogens is 5. The Morgan fingerprint density at radius 1 is 1.23 bits per heavy atom. The largest absolute Gasteiger partial charge is 0.422 e. The zero-order valence-electron chi connectivity index (χ0n) is 6.15. The standard InChI is InChI=1S/C6H5F5O2/c1-2(7)6(12)13-5(11)3(8)4(9)10/h3-5H,1H2. The van der Waals surface area contributed by atoms with Gasteiger partial charge in [-0.2, -0.15) is 8.78 Å². The fourth-order valence-electron chi connectivity index (χ4n) is 0.346. The molecule has 0 aromatic carbocycles. The Labute approximate surface area is 70.0 Å². The smallest absolute Gasteiger partial charge is 0.369 e. The summed E-state index contributed by atoms with van der Waals surface area (Å²) in [5, 5.41) is 0. The van der Waals surface area contributed by atoms with Crippen molar-refractivity contribution in [3.63, 3.8) is 0 Å². The van der Waals surface area contributed by atoms with Gasteiger partial charge in [0.1, 0.15) is 0 Å². The summed E-state index contributed by atoms with van der Waals surface area (Å²) >= 11 is 0. The quantitative estimate of drug-likeness (QED) is 0.397. The van der Waals surface area contributed by atoms with Crippen molar-refractivity contribution in [1.82, 2.24) is 0 Å². The summed E-state index contributed by atoms with van der Waals surface area (Å²) in [6, 6.07) is 0. The van der Waals surface area contributed by atoms with Crippen LogP contribution in [0, 0.1) is 0 Å². The van der Waals surface area contributed by atoms with E-state index in [2.05, 4.69) is 11.3 Å². The van der Waals surface area contributed by atoms with E-state index in [4.69, 9.17) is 0 Å². The van der Waals surface area contributed by atoms with Crippen molar-refractivity contribution in [1.29, 1.82) is 0 Å². The summed E-state index contributed by atoms with van der Waals surface area (Å²) in [6.45, 7) is 2.39. The maximum atomic E-state index is 12.2. The number of hydrogen-bond acceptors (Lipinski definition) is 2. The van der Waals surface area contributed by atoms with E-state index in [1.807, 2.05) is 0 Å². The zero-order chi connectivity index (χ0) is 10.6.